The van der Waals surface area contributed by atoms with Gasteiger partial charge in [-0.15, -0.1) is 6.42 Å². The van der Waals surface area contributed by atoms with Gasteiger partial charge >= 0.3 is 6.01 Å². The summed E-state index contributed by atoms with van der Waals surface area (Å²) < 4.78 is 55.0. The number of fused-ring (bicyclic) bond motifs is 2. The van der Waals surface area contributed by atoms with Crippen LogP contribution >= 0.6 is 0 Å². The molecule has 1 N–H and O–H groups in total. The fourth-order valence-electron chi connectivity index (χ4n) is 7.22. The van der Waals surface area contributed by atoms with Crippen molar-refractivity contribution in [1.82, 2.24) is 14.9 Å². The maximum atomic E-state index is 17.4. The van der Waals surface area contributed by atoms with Crippen LogP contribution in [0.3, 0.4) is 0 Å². The number of nitro groups is 1. The van der Waals surface area contributed by atoms with Crippen LogP contribution in [0.1, 0.15) is 38.2 Å². The molecule has 1 saturated carbocycles. The summed E-state index contributed by atoms with van der Waals surface area (Å²) in [6.07, 6.45) is 8.80. The molecule has 0 spiro atoms. The van der Waals surface area contributed by atoms with Gasteiger partial charge in [0.05, 0.1) is 46.9 Å². The Labute approximate surface area is 293 Å². The highest BCUT2D eigenvalue weighted by molar-refractivity contribution is 6.06. The predicted molar refractivity (Wildman–Crippen MR) is 186 cm³/mol. The number of piperidine rings is 1. The molecule has 1 unspecified atom stereocenters. The molecule has 268 valence electrons. The van der Waals surface area contributed by atoms with Crippen molar-refractivity contribution in [3.05, 3.63) is 57.6 Å². The first kappa shape index (κ1) is 34.8. The fourth-order valence-corrected chi connectivity index (χ4v) is 7.22. The third-order valence-electron chi connectivity index (χ3n) is 9.97. The number of hydrogen-bond donors (Lipinski definition) is 1. The molecule has 4 aromatic rings. The maximum Gasteiger partial charge on any atom is 0.319 e. The number of aromatic nitrogens is 2. The number of nitrogens with zero attached hydrogens (tertiary/aromatic N) is 5. The summed E-state index contributed by atoms with van der Waals surface area (Å²) >= 11 is 0. The lowest BCUT2D eigenvalue weighted by Gasteiger charge is -2.38. The Morgan fingerprint density at radius 1 is 1.12 bits per heavy atom. The molecule has 7 rings (SSSR count). The minimum atomic E-state index is -1.07. The van der Waals surface area contributed by atoms with Gasteiger partial charge in [-0.2, -0.15) is 9.97 Å². The van der Waals surface area contributed by atoms with Gasteiger partial charge in [0.1, 0.15) is 22.9 Å². The average Bonchev–Trinajstić information content (AvgIpc) is 3.88. The highest BCUT2D eigenvalue weighted by Gasteiger charge is 2.45. The molecule has 0 radical (unpaired) electrons. The van der Waals surface area contributed by atoms with Crippen molar-refractivity contribution in [3.63, 3.8) is 0 Å². The maximum absolute atomic E-state index is 17.4. The van der Waals surface area contributed by atoms with Crippen molar-refractivity contribution in [2.75, 3.05) is 71.3 Å². The number of methoxy groups -OCH3 is 1. The van der Waals surface area contributed by atoms with Crippen LogP contribution in [0.2, 0.25) is 0 Å². The van der Waals surface area contributed by atoms with Crippen molar-refractivity contribution in [3.8, 4) is 35.2 Å². The number of ether oxygens (including phenoxy) is 4. The second-order valence-electron chi connectivity index (χ2n) is 14.0. The molecule has 2 saturated heterocycles. The van der Waals surface area contributed by atoms with E-state index in [4.69, 9.17) is 30.4 Å². The van der Waals surface area contributed by atoms with E-state index in [9.17, 15) is 15.2 Å². The zero-order valence-corrected chi connectivity index (χ0v) is 28.5. The minimum absolute atomic E-state index is 0.0527. The van der Waals surface area contributed by atoms with Crippen LogP contribution in [0.5, 0.6) is 11.8 Å². The normalized spacial score (nSPS) is 20.4. The SMILES string of the molecule is C#Cc1c(F)ccc2cc(OCOC)cc(-c3c([N+](=O)[O-])cc4c(N5CCCC(C)(O)C5)nc(OCC5(CN6CCOCC6)CC5)nc4c3F)c12. The van der Waals surface area contributed by atoms with E-state index in [0.29, 0.717) is 44.6 Å². The lowest BCUT2D eigenvalue weighted by atomic mass is 9.91. The smallest absolute Gasteiger partial charge is 0.319 e. The highest BCUT2D eigenvalue weighted by atomic mass is 19.1. The second-order valence-corrected chi connectivity index (χ2v) is 14.0. The zero-order chi connectivity index (χ0) is 35.9. The third kappa shape index (κ3) is 6.99. The van der Waals surface area contributed by atoms with Crippen LogP contribution in [0.4, 0.5) is 20.3 Å². The summed E-state index contributed by atoms with van der Waals surface area (Å²) in [6.45, 7) is 6.29. The van der Waals surface area contributed by atoms with Gasteiger partial charge in [-0.3, -0.25) is 15.0 Å². The molecular weight excluding hydrogens is 664 g/mol. The van der Waals surface area contributed by atoms with E-state index in [1.54, 1.807) is 17.9 Å². The quantitative estimate of drug-likeness (QED) is 0.0927. The van der Waals surface area contributed by atoms with E-state index in [1.807, 2.05) is 0 Å². The van der Waals surface area contributed by atoms with Crippen molar-refractivity contribution in [2.24, 2.45) is 5.41 Å². The number of β-amino-alcohol motifs (C(OH)–C–C–N with tert-alkyl or cyclic N) is 1. The van der Waals surface area contributed by atoms with E-state index < -0.39 is 33.4 Å². The Morgan fingerprint density at radius 2 is 1.90 bits per heavy atom. The van der Waals surface area contributed by atoms with Crippen LogP contribution in [-0.2, 0) is 9.47 Å². The molecule has 0 amide bonds. The molecule has 3 heterocycles. The number of morpholine rings is 1. The summed E-state index contributed by atoms with van der Waals surface area (Å²) in [5.41, 5.74) is -2.71. The molecule has 3 aliphatic rings. The van der Waals surface area contributed by atoms with Gasteiger partial charge in [0.25, 0.3) is 5.69 Å². The Balaban J connectivity index is 1.41. The first-order valence-electron chi connectivity index (χ1n) is 17.0. The number of rotatable bonds is 11. The predicted octanol–water partition coefficient (Wildman–Crippen LogP) is 5.44. The minimum Gasteiger partial charge on any atom is -0.468 e. The number of anilines is 1. The Kier molecular flexibility index (Phi) is 9.40. The van der Waals surface area contributed by atoms with Gasteiger partial charge in [-0.05, 0) is 56.2 Å². The summed E-state index contributed by atoms with van der Waals surface area (Å²) in [5, 5.41) is 24.3. The molecule has 2 aliphatic heterocycles. The van der Waals surface area contributed by atoms with Gasteiger partial charge in [-0.1, -0.05) is 12.0 Å². The van der Waals surface area contributed by atoms with Crippen LogP contribution < -0.4 is 14.4 Å². The summed E-state index contributed by atoms with van der Waals surface area (Å²) in [5.74, 6) is 0.950. The topological polar surface area (TPSA) is 133 Å². The van der Waals surface area contributed by atoms with Crippen LogP contribution in [-0.4, -0.2) is 96.9 Å². The summed E-state index contributed by atoms with van der Waals surface area (Å²) in [4.78, 5) is 25.4. The monoisotopic (exact) mass is 703 g/mol. The second kappa shape index (κ2) is 13.8. The average molecular weight is 704 g/mol. The van der Waals surface area contributed by atoms with Gasteiger partial charge in [0.15, 0.2) is 12.6 Å². The van der Waals surface area contributed by atoms with Gasteiger partial charge in [-0.25, -0.2) is 8.78 Å². The molecule has 3 fully saturated rings. The largest absolute Gasteiger partial charge is 0.468 e. The Hall–Kier alpha value is -4.68. The van der Waals surface area contributed by atoms with E-state index in [0.717, 1.165) is 32.5 Å². The number of benzene rings is 3. The van der Waals surface area contributed by atoms with Gasteiger partial charge in [0, 0.05) is 62.3 Å². The van der Waals surface area contributed by atoms with Gasteiger partial charge in [0.2, 0.25) is 0 Å². The summed E-state index contributed by atoms with van der Waals surface area (Å²) in [7, 11) is 1.42. The third-order valence-corrected chi connectivity index (χ3v) is 9.97. The Morgan fingerprint density at radius 3 is 2.59 bits per heavy atom. The number of terminal acetylenes is 1. The van der Waals surface area contributed by atoms with Crippen molar-refractivity contribution < 1.29 is 37.8 Å². The van der Waals surface area contributed by atoms with Crippen molar-refractivity contribution in [1.29, 1.82) is 0 Å². The van der Waals surface area contributed by atoms with E-state index in [1.165, 1.54) is 31.4 Å². The number of halogens is 2. The molecule has 3 aromatic carbocycles. The molecule has 1 aliphatic carbocycles. The number of nitro benzene ring substituents is 1. The number of aliphatic hydroxyl groups is 1. The zero-order valence-electron chi connectivity index (χ0n) is 28.5. The fraction of sp³-hybridized carbons (Fsp3) is 0.459. The van der Waals surface area contributed by atoms with E-state index >= 15 is 8.78 Å². The first-order chi connectivity index (χ1) is 24.5. The van der Waals surface area contributed by atoms with Crippen molar-refractivity contribution >= 4 is 33.2 Å². The lowest BCUT2D eigenvalue weighted by Crippen LogP contribution is -2.46. The lowest BCUT2D eigenvalue weighted by molar-refractivity contribution is -0.384. The highest BCUT2D eigenvalue weighted by Crippen LogP contribution is 2.48. The van der Waals surface area contributed by atoms with Gasteiger partial charge < -0.3 is 29.0 Å². The molecule has 12 nitrogen and oxygen atoms in total. The molecule has 1 atom stereocenters. The Bertz CT molecular complexity index is 2040. The molecule has 1 aromatic heterocycles. The first-order valence-corrected chi connectivity index (χ1v) is 17.0. The molecule has 51 heavy (non-hydrogen) atoms. The molecule has 0 bridgehead atoms. The number of hydrogen-bond acceptors (Lipinski definition) is 11. The summed E-state index contributed by atoms with van der Waals surface area (Å²) in [6, 6.07) is 6.70. The molecule has 14 heteroatoms. The van der Waals surface area contributed by atoms with Crippen LogP contribution in [0.25, 0.3) is 32.8 Å². The van der Waals surface area contributed by atoms with E-state index in [-0.39, 0.29) is 63.7 Å². The van der Waals surface area contributed by atoms with Crippen molar-refractivity contribution in [2.45, 2.75) is 38.2 Å². The van der Waals surface area contributed by atoms with E-state index in [2.05, 4.69) is 15.8 Å². The standard InChI is InChI=1S/C37H39F2N5O7/c1-4-25-28(38)7-6-23-16-24(51-22-48-3)17-26(30(23)25)31-29(44(46)47)18-27-33(32(31)39)40-35(41-34(27)43-11-5-8-36(2,45)19-43)50-21-37(9-10-37)20-42-12-14-49-15-13-42/h1,6-7,16-18,45H,5,8-15,19-22H2,2-3H3. The van der Waals surface area contributed by atoms with Crippen LogP contribution in [0.15, 0.2) is 30.3 Å². The molecular formula is C37H39F2N5O7. The van der Waals surface area contributed by atoms with Crippen LogP contribution in [0, 0.1) is 39.5 Å².